The van der Waals surface area contributed by atoms with Crippen LogP contribution in [0.3, 0.4) is 0 Å². The number of hydrogen-bond donors (Lipinski definition) is 0. The lowest BCUT2D eigenvalue weighted by atomic mass is 9.99. The maximum absolute atomic E-state index is 5.44. The van der Waals surface area contributed by atoms with Crippen LogP contribution in [0.25, 0.3) is 100 Å². The Labute approximate surface area is 300 Å². The maximum Gasteiger partial charge on any atom is 0.160 e. The summed E-state index contributed by atoms with van der Waals surface area (Å²) in [5, 5.41) is 4.04. The van der Waals surface area contributed by atoms with Gasteiger partial charge in [0.05, 0.1) is 44.8 Å². The lowest BCUT2D eigenvalue weighted by Crippen LogP contribution is -1.97. The van der Waals surface area contributed by atoms with E-state index in [1.54, 1.807) is 0 Å². The SMILES string of the molecule is c1ccc(-c2cc(-c3ccc4c(c3)nc(-c3ccccc3)c3cc5ccc6ccc(-c7ccccc7)nc6c5nc34)nc(-c3ccccc3)n2)cc1. The minimum atomic E-state index is 0.677. The van der Waals surface area contributed by atoms with Crippen molar-refractivity contribution >= 4 is 43.6 Å². The molecule has 10 aromatic rings. The van der Waals surface area contributed by atoms with E-state index in [-0.39, 0.29) is 0 Å². The van der Waals surface area contributed by atoms with Gasteiger partial charge in [-0.1, -0.05) is 146 Å². The molecule has 0 radical (unpaired) electrons. The molecule has 5 heteroatoms. The third kappa shape index (κ3) is 5.24. The largest absolute Gasteiger partial charge is 0.247 e. The summed E-state index contributed by atoms with van der Waals surface area (Å²) in [6.07, 6.45) is 0. The van der Waals surface area contributed by atoms with E-state index >= 15 is 0 Å². The minimum Gasteiger partial charge on any atom is -0.247 e. The number of nitrogens with zero attached hydrogens (tertiary/aromatic N) is 5. The molecule has 0 fully saturated rings. The van der Waals surface area contributed by atoms with Crippen molar-refractivity contribution in [3.8, 4) is 56.4 Å². The third-order valence-corrected chi connectivity index (χ3v) is 9.63. The standard InChI is InChI=1S/C47H29N5/c1-5-13-30(14-6-1)39-26-24-33-21-22-36-27-38-43(32-17-9-3-10-18-32)49-42-28-35(23-25-37(42)46(38)52-45(36)44(33)48-39)41-29-40(31-15-7-2-8-16-31)50-47(51-41)34-19-11-4-12-20-34/h1-29H. The second-order valence-corrected chi connectivity index (χ2v) is 12.9. The number of aromatic nitrogens is 5. The average Bonchev–Trinajstić information content (AvgIpc) is 3.23. The van der Waals surface area contributed by atoms with Crippen LogP contribution in [0.4, 0.5) is 0 Å². The van der Waals surface area contributed by atoms with Gasteiger partial charge in [-0.05, 0) is 30.3 Å². The van der Waals surface area contributed by atoms with Crippen LogP contribution in [-0.4, -0.2) is 24.9 Å². The molecule has 5 nitrogen and oxygen atoms in total. The van der Waals surface area contributed by atoms with Crippen molar-refractivity contribution in [2.75, 3.05) is 0 Å². The third-order valence-electron chi connectivity index (χ3n) is 9.63. The molecule has 0 aliphatic heterocycles. The highest BCUT2D eigenvalue weighted by molar-refractivity contribution is 6.15. The molecular weight excluding hydrogens is 635 g/mol. The highest BCUT2D eigenvalue weighted by Gasteiger charge is 2.17. The van der Waals surface area contributed by atoms with Crippen LogP contribution >= 0.6 is 0 Å². The average molecular weight is 664 g/mol. The normalized spacial score (nSPS) is 11.5. The van der Waals surface area contributed by atoms with Crippen LogP contribution in [-0.2, 0) is 0 Å². The molecule has 0 atom stereocenters. The molecule has 0 bridgehead atoms. The fourth-order valence-corrected chi connectivity index (χ4v) is 7.02. The number of pyridine rings is 3. The van der Waals surface area contributed by atoms with Crippen molar-refractivity contribution < 1.29 is 0 Å². The Morgan fingerprint density at radius 2 is 0.846 bits per heavy atom. The predicted octanol–water partition coefficient (Wildman–Crippen LogP) is 11.6. The zero-order chi connectivity index (χ0) is 34.4. The number of fused-ring (bicyclic) bond motifs is 6. The van der Waals surface area contributed by atoms with Gasteiger partial charge in [0, 0.05) is 49.4 Å². The van der Waals surface area contributed by atoms with Gasteiger partial charge in [0.1, 0.15) is 0 Å². The molecule has 52 heavy (non-hydrogen) atoms. The van der Waals surface area contributed by atoms with Gasteiger partial charge in [-0.15, -0.1) is 0 Å². The molecule has 4 aromatic heterocycles. The van der Waals surface area contributed by atoms with E-state index in [0.29, 0.717) is 5.82 Å². The van der Waals surface area contributed by atoms with Gasteiger partial charge < -0.3 is 0 Å². The Balaban J connectivity index is 1.22. The van der Waals surface area contributed by atoms with Gasteiger partial charge in [0.25, 0.3) is 0 Å². The summed E-state index contributed by atoms with van der Waals surface area (Å²) < 4.78 is 0. The van der Waals surface area contributed by atoms with Crippen LogP contribution in [0.1, 0.15) is 0 Å². The smallest absolute Gasteiger partial charge is 0.160 e. The minimum absolute atomic E-state index is 0.677. The number of hydrogen-bond acceptors (Lipinski definition) is 5. The van der Waals surface area contributed by atoms with E-state index in [2.05, 4.69) is 103 Å². The molecule has 0 spiro atoms. The van der Waals surface area contributed by atoms with E-state index in [4.69, 9.17) is 24.9 Å². The van der Waals surface area contributed by atoms with Gasteiger partial charge >= 0.3 is 0 Å². The molecule has 0 unspecified atom stereocenters. The lowest BCUT2D eigenvalue weighted by molar-refractivity contribution is 1.18. The van der Waals surface area contributed by atoms with Crippen LogP contribution < -0.4 is 0 Å². The van der Waals surface area contributed by atoms with E-state index in [1.165, 1.54) is 0 Å². The fourth-order valence-electron chi connectivity index (χ4n) is 7.02. The topological polar surface area (TPSA) is 64.5 Å². The van der Waals surface area contributed by atoms with Crippen molar-refractivity contribution in [3.05, 3.63) is 176 Å². The van der Waals surface area contributed by atoms with Gasteiger partial charge in [-0.2, -0.15) is 0 Å². The Morgan fingerprint density at radius 3 is 1.54 bits per heavy atom. The molecule has 6 aromatic carbocycles. The summed E-state index contributed by atoms with van der Waals surface area (Å²) in [7, 11) is 0. The summed E-state index contributed by atoms with van der Waals surface area (Å²) in [5.41, 5.74) is 12.0. The molecule has 0 saturated carbocycles. The zero-order valence-corrected chi connectivity index (χ0v) is 28.0. The first-order chi connectivity index (χ1) is 25.7. The molecule has 0 aliphatic carbocycles. The molecular formula is C47H29N5. The molecule has 0 saturated heterocycles. The number of rotatable bonds is 5. The summed E-state index contributed by atoms with van der Waals surface area (Å²) in [6.45, 7) is 0. The lowest BCUT2D eigenvalue weighted by Gasteiger charge is -2.14. The molecule has 0 N–H and O–H groups in total. The zero-order valence-electron chi connectivity index (χ0n) is 28.0. The monoisotopic (exact) mass is 663 g/mol. The van der Waals surface area contributed by atoms with Crippen LogP contribution in [0.15, 0.2) is 176 Å². The van der Waals surface area contributed by atoms with Gasteiger partial charge in [0.2, 0.25) is 0 Å². The van der Waals surface area contributed by atoms with E-state index in [1.807, 2.05) is 72.8 Å². The number of benzene rings is 6. The van der Waals surface area contributed by atoms with E-state index < -0.39 is 0 Å². The maximum atomic E-state index is 5.44. The van der Waals surface area contributed by atoms with Crippen molar-refractivity contribution in [2.45, 2.75) is 0 Å². The van der Waals surface area contributed by atoms with Gasteiger partial charge in [-0.3, -0.25) is 0 Å². The molecule has 4 heterocycles. The van der Waals surface area contributed by atoms with Crippen LogP contribution in [0.2, 0.25) is 0 Å². The van der Waals surface area contributed by atoms with Crippen molar-refractivity contribution in [1.29, 1.82) is 0 Å². The summed E-state index contributed by atoms with van der Waals surface area (Å²) >= 11 is 0. The molecule has 0 aliphatic rings. The predicted molar refractivity (Wildman–Crippen MR) is 213 cm³/mol. The van der Waals surface area contributed by atoms with Crippen LogP contribution in [0.5, 0.6) is 0 Å². The quantitative estimate of drug-likeness (QED) is 0.135. The summed E-state index contributed by atoms with van der Waals surface area (Å²) in [6, 6.07) is 60.2. The van der Waals surface area contributed by atoms with Gasteiger partial charge in [0.15, 0.2) is 5.82 Å². The van der Waals surface area contributed by atoms with Gasteiger partial charge in [-0.25, -0.2) is 24.9 Å². The molecule has 242 valence electrons. The Hall–Kier alpha value is -7.11. The summed E-state index contributed by atoms with van der Waals surface area (Å²) in [4.78, 5) is 26.0. The van der Waals surface area contributed by atoms with Crippen molar-refractivity contribution in [2.24, 2.45) is 0 Å². The van der Waals surface area contributed by atoms with Crippen LogP contribution in [0, 0.1) is 0 Å². The summed E-state index contributed by atoms with van der Waals surface area (Å²) in [5.74, 6) is 0.677. The first kappa shape index (κ1) is 29.8. The first-order valence-corrected chi connectivity index (χ1v) is 17.3. The van der Waals surface area contributed by atoms with E-state index in [0.717, 1.165) is 94.2 Å². The van der Waals surface area contributed by atoms with Crippen molar-refractivity contribution in [1.82, 2.24) is 24.9 Å². The highest BCUT2D eigenvalue weighted by atomic mass is 14.9. The Bertz CT molecular complexity index is 2870. The second kappa shape index (κ2) is 12.3. The molecule has 10 rings (SSSR count). The van der Waals surface area contributed by atoms with E-state index in [9.17, 15) is 0 Å². The highest BCUT2D eigenvalue weighted by Crippen LogP contribution is 2.37. The fraction of sp³-hybridized carbons (Fsp3) is 0. The Morgan fingerprint density at radius 1 is 0.288 bits per heavy atom. The first-order valence-electron chi connectivity index (χ1n) is 17.3. The van der Waals surface area contributed by atoms with Crippen molar-refractivity contribution in [3.63, 3.8) is 0 Å². The Kier molecular flexibility index (Phi) is 7.07. The molecule has 0 amide bonds. The second-order valence-electron chi connectivity index (χ2n) is 12.9.